The lowest BCUT2D eigenvalue weighted by Crippen LogP contribution is -1.99. The number of aldehydes is 1. The van der Waals surface area contributed by atoms with Gasteiger partial charge >= 0.3 is 0 Å². The quantitative estimate of drug-likeness (QED) is 0.583. The van der Waals surface area contributed by atoms with Crippen LogP contribution in [0, 0.1) is 0 Å². The third-order valence-corrected chi connectivity index (χ3v) is 3.10. The number of carbonyl (C=O) groups is 1. The fraction of sp³-hybridized carbons (Fsp3) is 0.308. The fourth-order valence-electron chi connectivity index (χ4n) is 1.21. The highest BCUT2D eigenvalue weighted by molar-refractivity contribution is 7.99. The molecule has 1 aromatic rings. The van der Waals surface area contributed by atoms with Crippen LogP contribution >= 0.6 is 11.8 Å². The zero-order valence-corrected chi connectivity index (χ0v) is 10.1. The van der Waals surface area contributed by atoms with E-state index in [1.807, 2.05) is 36.0 Å². The molecule has 0 unspecified atom stereocenters. The van der Waals surface area contributed by atoms with Crippen LogP contribution in [0.5, 0.6) is 0 Å². The molecule has 0 aromatic heterocycles. The van der Waals surface area contributed by atoms with Crippen LogP contribution in [-0.4, -0.2) is 24.3 Å². The van der Waals surface area contributed by atoms with E-state index in [0.29, 0.717) is 0 Å². The van der Waals surface area contributed by atoms with Gasteiger partial charge in [-0.15, -0.1) is 0 Å². The molecule has 2 N–H and O–H groups in total. The summed E-state index contributed by atoms with van der Waals surface area (Å²) in [5, 5.41) is 0. The summed E-state index contributed by atoms with van der Waals surface area (Å²) in [7, 11) is 0. The largest absolute Gasteiger partial charge is 0.330 e. The van der Waals surface area contributed by atoms with Crippen molar-refractivity contribution in [1.29, 1.82) is 0 Å². The van der Waals surface area contributed by atoms with Crippen LogP contribution in [0.4, 0.5) is 0 Å². The molecule has 0 radical (unpaired) electrons. The van der Waals surface area contributed by atoms with E-state index in [2.05, 4.69) is 12.2 Å². The first-order chi connectivity index (χ1) is 7.86. The van der Waals surface area contributed by atoms with Crippen molar-refractivity contribution in [2.75, 3.05) is 18.1 Å². The van der Waals surface area contributed by atoms with Crippen LogP contribution in [0.2, 0.25) is 0 Å². The smallest absolute Gasteiger partial charge is 0.150 e. The van der Waals surface area contributed by atoms with Gasteiger partial charge in [-0.05, 0) is 24.3 Å². The van der Waals surface area contributed by atoms with E-state index in [4.69, 9.17) is 5.73 Å². The molecule has 1 rings (SSSR count). The van der Waals surface area contributed by atoms with E-state index in [-0.39, 0.29) is 0 Å². The molecular weight excluding hydrogens is 218 g/mol. The average molecular weight is 235 g/mol. The van der Waals surface area contributed by atoms with E-state index >= 15 is 0 Å². The molecule has 0 saturated carbocycles. The number of thioether (sulfide) groups is 1. The first-order valence-corrected chi connectivity index (χ1v) is 6.52. The summed E-state index contributed by atoms with van der Waals surface area (Å²) in [6, 6.07) is 7.55. The summed E-state index contributed by atoms with van der Waals surface area (Å²) >= 11 is 1.88. The van der Waals surface area contributed by atoms with Crippen molar-refractivity contribution in [2.45, 2.75) is 6.42 Å². The molecule has 0 aliphatic heterocycles. The third-order valence-electron chi connectivity index (χ3n) is 2.09. The Hall–Kier alpha value is -1.06. The van der Waals surface area contributed by atoms with Gasteiger partial charge in [0.25, 0.3) is 0 Å². The fourth-order valence-corrected chi connectivity index (χ4v) is 1.98. The molecule has 0 fully saturated rings. The predicted octanol–water partition coefficient (Wildman–Crippen LogP) is 2.59. The predicted molar refractivity (Wildman–Crippen MR) is 71.9 cm³/mol. The van der Waals surface area contributed by atoms with Crippen molar-refractivity contribution in [2.24, 2.45) is 5.73 Å². The van der Waals surface area contributed by atoms with Crippen LogP contribution < -0.4 is 5.73 Å². The van der Waals surface area contributed by atoms with Crippen molar-refractivity contribution in [3.8, 4) is 0 Å². The maximum absolute atomic E-state index is 10.4. The summed E-state index contributed by atoms with van der Waals surface area (Å²) in [5.41, 5.74) is 7.25. The van der Waals surface area contributed by atoms with Gasteiger partial charge < -0.3 is 5.73 Å². The van der Waals surface area contributed by atoms with Gasteiger partial charge in [-0.25, -0.2) is 0 Å². The highest BCUT2D eigenvalue weighted by Gasteiger charge is 1.89. The summed E-state index contributed by atoms with van der Waals surface area (Å²) in [6.45, 7) is 0.768. The van der Waals surface area contributed by atoms with Gasteiger partial charge in [0, 0.05) is 11.3 Å². The molecule has 0 aliphatic rings. The van der Waals surface area contributed by atoms with Gasteiger partial charge in [0.05, 0.1) is 0 Å². The van der Waals surface area contributed by atoms with Gasteiger partial charge in [0.15, 0.2) is 0 Å². The van der Waals surface area contributed by atoms with E-state index in [1.165, 1.54) is 0 Å². The van der Waals surface area contributed by atoms with Crippen molar-refractivity contribution >= 4 is 24.1 Å². The van der Waals surface area contributed by atoms with Gasteiger partial charge in [-0.1, -0.05) is 36.4 Å². The van der Waals surface area contributed by atoms with Gasteiger partial charge in [0.1, 0.15) is 6.29 Å². The molecule has 0 aliphatic carbocycles. The number of carbonyl (C=O) groups excluding carboxylic acids is 1. The summed E-state index contributed by atoms with van der Waals surface area (Å²) < 4.78 is 0. The van der Waals surface area contributed by atoms with Crippen LogP contribution in [-0.2, 0) is 0 Å². The van der Waals surface area contributed by atoms with Crippen molar-refractivity contribution < 1.29 is 4.79 Å². The van der Waals surface area contributed by atoms with Gasteiger partial charge in [0.2, 0.25) is 0 Å². The molecule has 16 heavy (non-hydrogen) atoms. The van der Waals surface area contributed by atoms with Crippen molar-refractivity contribution in [3.05, 3.63) is 41.5 Å². The Balaban J connectivity index is 2.29. The van der Waals surface area contributed by atoms with E-state index in [0.717, 1.165) is 41.9 Å². The van der Waals surface area contributed by atoms with Gasteiger partial charge in [-0.3, -0.25) is 4.79 Å². The number of hydrogen-bond acceptors (Lipinski definition) is 3. The Morgan fingerprint density at radius 2 is 1.88 bits per heavy atom. The lowest BCUT2D eigenvalue weighted by atomic mass is 10.1. The first-order valence-electron chi connectivity index (χ1n) is 5.36. The minimum Gasteiger partial charge on any atom is -0.330 e. The Labute approximate surface area is 101 Å². The highest BCUT2D eigenvalue weighted by Crippen LogP contribution is 2.07. The second-order valence-corrected chi connectivity index (χ2v) is 4.55. The molecule has 0 heterocycles. The standard InChI is InChI=1S/C13H17NOS/c14-8-2-10-16-9-1-3-12-4-6-13(11-15)7-5-12/h1,3-7,11H,2,8-10,14H2/b3-1+. The summed E-state index contributed by atoms with van der Waals surface area (Å²) in [4.78, 5) is 10.4. The van der Waals surface area contributed by atoms with E-state index in [9.17, 15) is 4.79 Å². The minimum absolute atomic E-state index is 0.717. The maximum Gasteiger partial charge on any atom is 0.150 e. The minimum atomic E-state index is 0.717. The molecule has 0 saturated heterocycles. The molecule has 2 nitrogen and oxygen atoms in total. The second kappa shape index (κ2) is 8.13. The molecule has 0 spiro atoms. The molecule has 1 aromatic carbocycles. The molecular formula is C13H17NOS. The van der Waals surface area contributed by atoms with E-state index in [1.54, 1.807) is 0 Å². The van der Waals surface area contributed by atoms with Crippen LogP contribution in [0.15, 0.2) is 30.3 Å². The third kappa shape index (κ3) is 5.14. The molecule has 86 valence electrons. The number of hydrogen-bond donors (Lipinski definition) is 1. The SMILES string of the molecule is NCCCSC/C=C/c1ccc(C=O)cc1. The van der Waals surface area contributed by atoms with Gasteiger partial charge in [-0.2, -0.15) is 11.8 Å². The number of rotatable bonds is 7. The lowest BCUT2D eigenvalue weighted by Gasteiger charge is -1.96. The Morgan fingerprint density at radius 1 is 1.19 bits per heavy atom. The monoisotopic (exact) mass is 235 g/mol. The second-order valence-electron chi connectivity index (χ2n) is 3.40. The Bertz CT molecular complexity index is 332. The average Bonchev–Trinajstić information content (AvgIpc) is 2.34. The topological polar surface area (TPSA) is 43.1 Å². The van der Waals surface area contributed by atoms with Crippen LogP contribution in [0.3, 0.4) is 0 Å². The molecule has 0 amide bonds. The van der Waals surface area contributed by atoms with Crippen LogP contribution in [0.25, 0.3) is 6.08 Å². The zero-order valence-electron chi connectivity index (χ0n) is 9.26. The number of benzene rings is 1. The van der Waals surface area contributed by atoms with Crippen molar-refractivity contribution in [1.82, 2.24) is 0 Å². The summed E-state index contributed by atoms with van der Waals surface area (Å²) in [6.07, 6.45) is 6.14. The first kappa shape index (κ1) is 13.0. The maximum atomic E-state index is 10.4. The number of nitrogens with two attached hydrogens (primary N) is 1. The molecule has 0 bridgehead atoms. The van der Waals surface area contributed by atoms with Crippen LogP contribution in [0.1, 0.15) is 22.3 Å². The summed E-state index contributed by atoms with van der Waals surface area (Å²) in [5.74, 6) is 2.13. The molecule has 0 atom stereocenters. The Morgan fingerprint density at radius 3 is 2.50 bits per heavy atom. The van der Waals surface area contributed by atoms with Crippen molar-refractivity contribution in [3.63, 3.8) is 0 Å². The van der Waals surface area contributed by atoms with E-state index < -0.39 is 0 Å². The highest BCUT2D eigenvalue weighted by atomic mass is 32.2. The zero-order chi connectivity index (χ0) is 11.6. The normalized spacial score (nSPS) is 10.8. The Kier molecular flexibility index (Phi) is 6.61. The lowest BCUT2D eigenvalue weighted by molar-refractivity contribution is 0.112. The molecule has 3 heteroatoms.